The van der Waals surface area contributed by atoms with Crippen LogP contribution in [-0.4, -0.2) is 4.98 Å². The number of hydrogen-bond donors (Lipinski definition) is 0. The highest BCUT2D eigenvalue weighted by Gasteiger charge is 2.04. The van der Waals surface area contributed by atoms with Gasteiger partial charge >= 0.3 is 0 Å². The van der Waals surface area contributed by atoms with Crippen molar-refractivity contribution in [1.29, 1.82) is 0 Å². The molecule has 0 amide bonds. The molecule has 0 N–H and O–H groups in total. The molecule has 0 saturated heterocycles. The van der Waals surface area contributed by atoms with Crippen molar-refractivity contribution in [2.24, 2.45) is 0 Å². The van der Waals surface area contributed by atoms with Crippen molar-refractivity contribution in [3.05, 3.63) is 51.6 Å². The van der Waals surface area contributed by atoms with Crippen molar-refractivity contribution in [3.63, 3.8) is 0 Å². The molecule has 0 spiro atoms. The van der Waals surface area contributed by atoms with Gasteiger partial charge in [0.1, 0.15) is 10.9 Å². The highest BCUT2D eigenvalue weighted by Crippen LogP contribution is 2.30. The van der Waals surface area contributed by atoms with Crippen LogP contribution in [0.4, 0.5) is 0 Å². The summed E-state index contributed by atoms with van der Waals surface area (Å²) in [4.78, 5) is 3.98. The molecule has 0 atom stereocenters. The lowest BCUT2D eigenvalue weighted by Gasteiger charge is -2.06. The normalized spacial score (nSPS) is 10.2. The van der Waals surface area contributed by atoms with Gasteiger partial charge in [0.15, 0.2) is 0 Å². The number of halogens is 3. The van der Waals surface area contributed by atoms with E-state index in [4.69, 9.17) is 39.5 Å². The fourth-order valence-electron chi connectivity index (χ4n) is 1.12. The first kappa shape index (κ1) is 11.5. The van der Waals surface area contributed by atoms with E-state index in [-0.39, 0.29) is 0 Å². The number of ether oxygens (including phenoxy) is 1. The largest absolute Gasteiger partial charge is 0.437 e. The fraction of sp³-hybridized carbons (Fsp3) is 0. The Morgan fingerprint density at radius 1 is 1.00 bits per heavy atom. The number of pyridine rings is 1. The summed E-state index contributed by atoms with van der Waals surface area (Å²) in [6.07, 6.45) is 0. The Morgan fingerprint density at radius 2 is 1.81 bits per heavy atom. The van der Waals surface area contributed by atoms with Crippen molar-refractivity contribution >= 4 is 34.8 Å². The number of rotatable bonds is 2. The van der Waals surface area contributed by atoms with E-state index in [2.05, 4.69) is 4.98 Å². The van der Waals surface area contributed by atoms with Crippen LogP contribution in [0.1, 0.15) is 0 Å². The fourth-order valence-corrected chi connectivity index (χ4v) is 1.72. The first-order chi connectivity index (χ1) is 7.65. The molecule has 0 aliphatic carbocycles. The molecule has 0 aliphatic rings. The van der Waals surface area contributed by atoms with Crippen LogP contribution in [-0.2, 0) is 0 Å². The quantitative estimate of drug-likeness (QED) is 0.731. The van der Waals surface area contributed by atoms with Gasteiger partial charge in [-0.3, -0.25) is 0 Å². The van der Waals surface area contributed by atoms with E-state index < -0.39 is 0 Å². The zero-order valence-corrected chi connectivity index (χ0v) is 10.2. The van der Waals surface area contributed by atoms with Crippen LogP contribution in [0.25, 0.3) is 0 Å². The van der Waals surface area contributed by atoms with Gasteiger partial charge in [0.2, 0.25) is 5.88 Å². The Bertz CT molecular complexity index is 516. The molecule has 2 nitrogen and oxygen atoms in total. The summed E-state index contributed by atoms with van der Waals surface area (Å²) < 4.78 is 5.46. The minimum Gasteiger partial charge on any atom is -0.437 e. The smallest absolute Gasteiger partial charge is 0.220 e. The monoisotopic (exact) mass is 273 g/mol. The third-order valence-electron chi connectivity index (χ3n) is 1.80. The summed E-state index contributed by atoms with van der Waals surface area (Å²) in [5, 5.41) is 1.34. The minimum absolute atomic E-state index is 0.364. The van der Waals surface area contributed by atoms with Crippen LogP contribution >= 0.6 is 34.8 Å². The molecule has 5 heteroatoms. The predicted molar refractivity (Wildman–Crippen MR) is 65.8 cm³/mol. The molecule has 0 aliphatic heterocycles. The maximum atomic E-state index is 5.95. The van der Waals surface area contributed by atoms with Gasteiger partial charge in [-0.2, -0.15) is 0 Å². The average Bonchev–Trinajstić information content (AvgIpc) is 2.22. The molecule has 0 bridgehead atoms. The van der Waals surface area contributed by atoms with E-state index in [0.717, 1.165) is 0 Å². The highest BCUT2D eigenvalue weighted by atomic mass is 35.5. The second kappa shape index (κ2) is 4.91. The third-order valence-corrected chi connectivity index (χ3v) is 2.54. The van der Waals surface area contributed by atoms with Gasteiger partial charge in [0.05, 0.1) is 5.02 Å². The molecule has 2 aromatic rings. The van der Waals surface area contributed by atoms with Crippen LogP contribution < -0.4 is 4.74 Å². The van der Waals surface area contributed by atoms with Crippen molar-refractivity contribution < 1.29 is 4.74 Å². The topological polar surface area (TPSA) is 22.1 Å². The number of nitrogens with zero attached hydrogens (tertiary/aromatic N) is 1. The molecule has 16 heavy (non-hydrogen) atoms. The number of benzene rings is 1. The Balaban J connectivity index is 2.27. The number of hydrogen-bond acceptors (Lipinski definition) is 2. The molecule has 0 fully saturated rings. The van der Waals surface area contributed by atoms with Gasteiger partial charge in [0.25, 0.3) is 0 Å². The lowest BCUT2D eigenvalue weighted by atomic mass is 10.3. The maximum Gasteiger partial charge on any atom is 0.220 e. The average molecular weight is 275 g/mol. The van der Waals surface area contributed by atoms with E-state index in [1.807, 2.05) is 0 Å². The van der Waals surface area contributed by atoms with Gasteiger partial charge in [-0.25, -0.2) is 4.98 Å². The maximum absolute atomic E-state index is 5.95. The van der Waals surface area contributed by atoms with Gasteiger partial charge < -0.3 is 4.74 Å². The van der Waals surface area contributed by atoms with Gasteiger partial charge in [0, 0.05) is 11.1 Å². The first-order valence-electron chi connectivity index (χ1n) is 4.40. The summed E-state index contributed by atoms with van der Waals surface area (Å²) in [5.41, 5.74) is 0. The molecule has 0 saturated carbocycles. The molecule has 82 valence electrons. The Labute approximate surface area is 108 Å². The Hall–Kier alpha value is -0.960. The molecular weight excluding hydrogens is 268 g/mol. The van der Waals surface area contributed by atoms with E-state index >= 15 is 0 Å². The van der Waals surface area contributed by atoms with Crippen LogP contribution in [0.3, 0.4) is 0 Å². The predicted octanol–water partition coefficient (Wildman–Crippen LogP) is 4.83. The van der Waals surface area contributed by atoms with E-state index in [1.54, 1.807) is 36.4 Å². The van der Waals surface area contributed by atoms with Crippen molar-refractivity contribution in [2.45, 2.75) is 0 Å². The minimum atomic E-state index is 0.364. The van der Waals surface area contributed by atoms with Gasteiger partial charge in [-0.05, 0) is 24.3 Å². The molecule has 1 heterocycles. The standard InChI is InChI=1S/C11H6Cl3NO/c12-7-4-5-9(8(13)6-7)16-11-3-1-2-10(14)15-11/h1-6H. The SMILES string of the molecule is Clc1ccc(Oc2cccc(Cl)n2)c(Cl)c1. The van der Waals surface area contributed by atoms with E-state index in [1.165, 1.54) is 0 Å². The zero-order valence-electron chi connectivity index (χ0n) is 7.95. The van der Waals surface area contributed by atoms with Gasteiger partial charge in [-0.1, -0.05) is 40.9 Å². The van der Waals surface area contributed by atoms with Crippen LogP contribution in [0.2, 0.25) is 15.2 Å². The lowest BCUT2D eigenvalue weighted by molar-refractivity contribution is 0.463. The van der Waals surface area contributed by atoms with E-state index in [0.29, 0.717) is 26.8 Å². The van der Waals surface area contributed by atoms with Crippen molar-refractivity contribution in [2.75, 3.05) is 0 Å². The van der Waals surface area contributed by atoms with Gasteiger partial charge in [-0.15, -0.1) is 0 Å². The van der Waals surface area contributed by atoms with Crippen LogP contribution in [0.5, 0.6) is 11.6 Å². The Kier molecular flexibility index (Phi) is 3.54. The van der Waals surface area contributed by atoms with Crippen molar-refractivity contribution in [1.82, 2.24) is 4.98 Å². The second-order valence-electron chi connectivity index (χ2n) is 2.98. The Morgan fingerprint density at radius 3 is 2.50 bits per heavy atom. The van der Waals surface area contributed by atoms with Crippen LogP contribution in [0.15, 0.2) is 36.4 Å². The summed E-state index contributed by atoms with van der Waals surface area (Å²) in [7, 11) is 0. The van der Waals surface area contributed by atoms with Crippen LogP contribution in [0, 0.1) is 0 Å². The molecular formula is C11H6Cl3NO. The molecule has 1 aromatic heterocycles. The lowest BCUT2D eigenvalue weighted by Crippen LogP contribution is -1.88. The summed E-state index contributed by atoms with van der Waals surface area (Å²) in [6, 6.07) is 10.1. The molecule has 2 rings (SSSR count). The summed E-state index contributed by atoms with van der Waals surface area (Å²) in [5.74, 6) is 0.873. The summed E-state index contributed by atoms with van der Waals surface area (Å²) in [6.45, 7) is 0. The third kappa shape index (κ3) is 2.79. The molecule has 1 aromatic carbocycles. The van der Waals surface area contributed by atoms with E-state index in [9.17, 15) is 0 Å². The zero-order chi connectivity index (χ0) is 11.5. The van der Waals surface area contributed by atoms with Crippen molar-refractivity contribution in [3.8, 4) is 11.6 Å². The molecule has 0 unspecified atom stereocenters. The number of aromatic nitrogens is 1. The highest BCUT2D eigenvalue weighted by molar-refractivity contribution is 6.35. The summed E-state index contributed by atoms with van der Waals surface area (Å²) >= 11 is 17.4. The first-order valence-corrected chi connectivity index (χ1v) is 5.54. The second-order valence-corrected chi connectivity index (χ2v) is 4.21. The molecule has 0 radical (unpaired) electrons.